The summed E-state index contributed by atoms with van der Waals surface area (Å²) in [7, 11) is 1.47. The van der Waals surface area contributed by atoms with Crippen molar-refractivity contribution in [2.75, 3.05) is 25.6 Å². The van der Waals surface area contributed by atoms with Crippen LogP contribution in [0.25, 0.3) is 0 Å². The molecule has 0 aliphatic rings. The summed E-state index contributed by atoms with van der Waals surface area (Å²) >= 11 is 0. The second-order valence-corrected chi connectivity index (χ2v) is 4.69. The van der Waals surface area contributed by atoms with Gasteiger partial charge in [-0.25, -0.2) is 9.67 Å². The van der Waals surface area contributed by atoms with Crippen molar-refractivity contribution < 1.29 is 27.4 Å². The van der Waals surface area contributed by atoms with Crippen molar-refractivity contribution in [2.24, 2.45) is 0 Å². The van der Waals surface area contributed by atoms with Gasteiger partial charge in [0, 0.05) is 7.11 Å². The maximum atomic E-state index is 12.9. The molecule has 0 aliphatic carbocycles. The van der Waals surface area contributed by atoms with Crippen LogP contribution in [0.15, 0.2) is 30.9 Å². The van der Waals surface area contributed by atoms with Gasteiger partial charge in [0.1, 0.15) is 31.6 Å². The van der Waals surface area contributed by atoms with Crippen LogP contribution in [-0.4, -0.2) is 41.0 Å². The molecule has 7 nitrogen and oxygen atoms in total. The minimum Gasteiger partial charge on any atom is -0.489 e. The number of ether oxygens (including phenoxy) is 2. The van der Waals surface area contributed by atoms with Gasteiger partial charge in [0.2, 0.25) is 5.91 Å². The van der Waals surface area contributed by atoms with Crippen LogP contribution in [0.5, 0.6) is 5.75 Å². The van der Waals surface area contributed by atoms with Crippen molar-refractivity contribution in [2.45, 2.75) is 12.7 Å². The lowest BCUT2D eigenvalue weighted by Crippen LogP contribution is -2.20. The highest BCUT2D eigenvalue weighted by atomic mass is 19.4. The number of alkyl halides is 3. The van der Waals surface area contributed by atoms with E-state index in [1.807, 2.05) is 0 Å². The zero-order chi connectivity index (χ0) is 17.6. The fourth-order valence-corrected chi connectivity index (χ4v) is 1.82. The lowest BCUT2D eigenvalue weighted by atomic mass is 10.1. The number of carbonyl (C=O) groups excluding carboxylic acids is 1. The summed E-state index contributed by atoms with van der Waals surface area (Å²) < 4.78 is 50.0. The number of aromatic nitrogens is 3. The largest absolute Gasteiger partial charge is 0.489 e. The van der Waals surface area contributed by atoms with Crippen molar-refractivity contribution in [3.63, 3.8) is 0 Å². The molecule has 0 unspecified atom stereocenters. The molecule has 1 heterocycles. The maximum Gasteiger partial charge on any atom is 0.416 e. The third-order valence-corrected chi connectivity index (χ3v) is 2.90. The predicted molar refractivity (Wildman–Crippen MR) is 77.5 cm³/mol. The fraction of sp³-hybridized carbons (Fsp3) is 0.357. The molecule has 2 rings (SSSR count). The molecule has 0 spiro atoms. The molecule has 0 fully saturated rings. The van der Waals surface area contributed by atoms with E-state index in [0.29, 0.717) is 0 Å². The first-order valence-electron chi connectivity index (χ1n) is 6.85. The highest BCUT2D eigenvalue weighted by Crippen LogP contribution is 2.35. The van der Waals surface area contributed by atoms with Crippen molar-refractivity contribution in [3.8, 4) is 5.75 Å². The van der Waals surface area contributed by atoms with E-state index < -0.39 is 17.6 Å². The molecule has 0 saturated heterocycles. The molecular weight excluding hydrogens is 329 g/mol. The lowest BCUT2D eigenvalue weighted by Gasteiger charge is -2.15. The van der Waals surface area contributed by atoms with Crippen molar-refractivity contribution in [1.29, 1.82) is 0 Å². The Morgan fingerprint density at radius 1 is 1.33 bits per heavy atom. The fourth-order valence-electron chi connectivity index (χ4n) is 1.82. The maximum absolute atomic E-state index is 12.9. The summed E-state index contributed by atoms with van der Waals surface area (Å²) in [6.07, 6.45) is -1.96. The van der Waals surface area contributed by atoms with E-state index in [1.165, 1.54) is 24.4 Å². The first kappa shape index (κ1) is 17.7. The quantitative estimate of drug-likeness (QED) is 0.777. The Bertz CT molecular complexity index is 674. The van der Waals surface area contributed by atoms with E-state index in [2.05, 4.69) is 15.4 Å². The van der Waals surface area contributed by atoms with E-state index in [9.17, 15) is 18.0 Å². The van der Waals surface area contributed by atoms with Gasteiger partial charge in [-0.1, -0.05) is 0 Å². The minimum absolute atomic E-state index is 0.0777. The van der Waals surface area contributed by atoms with Gasteiger partial charge >= 0.3 is 6.18 Å². The second-order valence-electron chi connectivity index (χ2n) is 4.69. The number of anilines is 1. The van der Waals surface area contributed by atoms with Gasteiger partial charge in [-0.15, -0.1) is 0 Å². The predicted octanol–water partition coefficient (Wildman–Crippen LogP) is 1.96. The van der Waals surface area contributed by atoms with E-state index in [0.717, 1.165) is 18.2 Å². The molecule has 10 heteroatoms. The third-order valence-electron chi connectivity index (χ3n) is 2.90. The number of amides is 1. The first-order valence-corrected chi connectivity index (χ1v) is 6.85. The number of hydrogen-bond donors (Lipinski definition) is 1. The van der Waals surface area contributed by atoms with Gasteiger partial charge < -0.3 is 14.8 Å². The normalized spacial score (nSPS) is 11.3. The Morgan fingerprint density at radius 2 is 2.12 bits per heavy atom. The summed E-state index contributed by atoms with van der Waals surface area (Å²) in [4.78, 5) is 15.6. The van der Waals surface area contributed by atoms with E-state index in [1.54, 1.807) is 0 Å². The summed E-state index contributed by atoms with van der Waals surface area (Å²) in [6, 6.07) is 2.86. The summed E-state index contributed by atoms with van der Waals surface area (Å²) in [5.41, 5.74) is -0.969. The van der Waals surface area contributed by atoms with Crippen LogP contribution in [0.4, 0.5) is 18.9 Å². The number of carbonyl (C=O) groups is 1. The molecule has 1 amide bonds. The Morgan fingerprint density at radius 3 is 2.75 bits per heavy atom. The standard InChI is InChI=1S/C14H15F3N4O3/c1-23-4-5-24-12-3-2-10(14(15,16)17)6-11(12)20-13(22)7-21-9-18-8-19-21/h2-3,6,8-9H,4-5,7H2,1H3,(H,20,22). The molecule has 0 bridgehead atoms. The molecule has 0 atom stereocenters. The Labute approximate surface area is 135 Å². The molecule has 2 aromatic rings. The third kappa shape index (κ3) is 4.95. The Kier molecular flexibility index (Phi) is 5.74. The monoisotopic (exact) mass is 344 g/mol. The van der Waals surface area contributed by atoms with Gasteiger partial charge in [0.15, 0.2) is 0 Å². The number of nitrogens with one attached hydrogen (secondary N) is 1. The summed E-state index contributed by atoms with van der Waals surface area (Å²) in [6.45, 7) is 0.203. The molecule has 0 saturated carbocycles. The molecule has 1 aromatic carbocycles. The van der Waals surface area contributed by atoms with E-state index >= 15 is 0 Å². The number of hydrogen-bond acceptors (Lipinski definition) is 5. The van der Waals surface area contributed by atoms with Crippen LogP contribution in [0.2, 0.25) is 0 Å². The Balaban J connectivity index is 2.17. The summed E-state index contributed by atoms with van der Waals surface area (Å²) in [5.74, 6) is -0.441. The Hall–Kier alpha value is -2.62. The van der Waals surface area contributed by atoms with Crippen LogP contribution >= 0.6 is 0 Å². The first-order chi connectivity index (χ1) is 11.4. The highest BCUT2D eigenvalue weighted by molar-refractivity contribution is 5.92. The molecule has 0 aliphatic heterocycles. The molecular formula is C14H15F3N4O3. The van der Waals surface area contributed by atoms with Gasteiger partial charge in [0.05, 0.1) is 17.9 Å². The van der Waals surface area contributed by atoms with Gasteiger partial charge in [-0.05, 0) is 18.2 Å². The lowest BCUT2D eigenvalue weighted by molar-refractivity contribution is -0.137. The average molecular weight is 344 g/mol. The minimum atomic E-state index is -4.53. The van der Waals surface area contributed by atoms with Gasteiger partial charge in [-0.2, -0.15) is 18.3 Å². The van der Waals surface area contributed by atoms with E-state index in [-0.39, 0.29) is 31.2 Å². The van der Waals surface area contributed by atoms with Crippen molar-refractivity contribution in [1.82, 2.24) is 14.8 Å². The van der Waals surface area contributed by atoms with E-state index in [4.69, 9.17) is 9.47 Å². The van der Waals surface area contributed by atoms with Gasteiger partial charge in [-0.3, -0.25) is 4.79 Å². The number of methoxy groups -OCH3 is 1. The van der Waals surface area contributed by atoms with Crippen LogP contribution in [0.3, 0.4) is 0 Å². The zero-order valence-electron chi connectivity index (χ0n) is 12.7. The molecule has 1 aromatic heterocycles. The molecule has 1 N–H and O–H groups in total. The molecule has 0 radical (unpaired) electrons. The topological polar surface area (TPSA) is 78.3 Å². The number of halogens is 3. The second kappa shape index (κ2) is 7.77. The van der Waals surface area contributed by atoms with Crippen LogP contribution in [-0.2, 0) is 22.3 Å². The van der Waals surface area contributed by atoms with Gasteiger partial charge in [0.25, 0.3) is 0 Å². The number of rotatable bonds is 7. The number of benzene rings is 1. The van der Waals surface area contributed by atoms with Crippen LogP contribution < -0.4 is 10.1 Å². The zero-order valence-corrected chi connectivity index (χ0v) is 12.7. The summed E-state index contributed by atoms with van der Waals surface area (Å²) in [5, 5.41) is 6.15. The van der Waals surface area contributed by atoms with Crippen LogP contribution in [0, 0.1) is 0 Å². The van der Waals surface area contributed by atoms with Crippen molar-refractivity contribution >= 4 is 11.6 Å². The highest BCUT2D eigenvalue weighted by Gasteiger charge is 2.31. The SMILES string of the molecule is COCCOc1ccc(C(F)(F)F)cc1NC(=O)Cn1cncn1. The smallest absolute Gasteiger partial charge is 0.416 e. The van der Waals surface area contributed by atoms with Crippen LogP contribution in [0.1, 0.15) is 5.56 Å². The number of nitrogens with zero attached hydrogens (tertiary/aromatic N) is 3. The van der Waals surface area contributed by atoms with Crippen molar-refractivity contribution in [3.05, 3.63) is 36.4 Å². The average Bonchev–Trinajstić information content (AvgIpc) is 3.00. The molecule has 130 valence electrons. The molecule has 24 heavy (non-hydrogen) atoms.